The van der Waals surface area contributed by atoms with Crippen molar-refractivity contribution in [2.75, 3.05) is 19.8 Å². The van der Waals surface area contributed by atoms with Crippen molar-refractivity contribution in [3.8, 4) is 0 Å². The molecule has 2 saturated heterocycles. The molecule has 0 bridgehead atoms. The lowest BCUT2D eigenvalue weighted by atomic mass is 9.89. The monoisotopic (exact) mass is 222 g/mol. The Bertz CT molecular complexity index is 364. The number of H-pyrrole nitrogens is 1. The highest BCUT2D eigenvalue weighted by Crippen LogP contribution is 2.31. The van der Waals surface area contributed by atoms with Crippen LogP contribution in [0.5, 0.6) is 0 Å². The van der Waals surface area contributed by atoms with Crippen LogP contribution in [0.4, 0.5) is 0 Å². The topological polar surface area (TPSA) is 62.8 Å². The summed E-state index contributed by atoms with van der Waals surface area (Å²) < 4.78 is 5.44. The second-order valence-electron chi connectivity index (χ2n) is 5.06. The van der Waals surface area contributed by atoms with Crippen LogP contribution < -0.4 is 5.32 Å². The lowest BCUT2D eigenvalue weighted by Crippen LogP contribution is -2.23. The minimum atomic E-state index is 0.00730. The first kappa shape index (κ1) is 10.2. The zero-order chi connectivity index (χ0) is 11.0. The van der Waals surface area contributed by atoms with Crippen LogP contribution in [0.2, 0.25) is 0 Å². The third-order valence-corrected chi connectivity index (χ3v) is 3.65. The van der Waals surface area contributed by atoms with Gasteiger partial charge in [-0.3, -0.25) is 5.10 Å². The van der Waals surface area contributed by atoms with Crippen molar-refractivity contribution in [1.82, 2.24) is 20.5 Å². The smallest absolute Gasteiger partial charge is 0.159 e. The van der Waals surface area contributed by atoms with Crippen LogP contribution >= 0.6 is 0 Å². The second-order valence-corrected chi connectivity index (χ2v) is 5.06. The number of aromatic amines is 1. The predicted molar refractivity (Wildman–Crippen MR) is 59.1 cm³/mol. The molecular formula is C11H18N4O. The van der Waals surface area contributed by atoms with E-state index in [1.54, 1.807) is 0 Å². The van der Waals surface area contributed by atoms with Crippen LogP contribution in [0.3, 0.4) is 0 Å². The van der Waals surface area contributed by atoms with Crippen LogP contribution in [-0.4, -0.2) is 34.9 Å². The summed E-state index contributed by atoms with van der Waals surface area (Å²) in [7, 11) is 0. The van der Waals surface area contributed by atoms with Gasteiger partial charge in [-0.15, -0.1) is 0 Å². The molecule has 0 spiro atoms. The third kappa shape index (κ3) is 1.64. The molecule has 0 radical (unpaired) electrons. The van der Waals surface area contributed by atoms with Gasteiger partial charge in [0.1, 0.15) is 5.82 Å². The van der Waals surface area contributed by atoms with Gasteiger partial charge in [-0.2, -0.15) is 5.10 Å². The first-order valence-electron chi connectivity index (χ1n) is 6.02. The summed E-state index contributed by atoms with van der Waals surface area (Å²) in [6.07, 6.45) is 3.39. The lowest BCUT2D eigenvalue weighted by molar-refractivity contribution is 0.179. The van der Waals surface area contributed by atoms with Gasteiger partial charge in [-0.25, -0.2) is 4.98 Å². The zero-order valence-electron chi connectivity index (χ0n) is 9.62. The summed E-state index contributed by atoms with van der Waals surface area (Å²) in [6.45, 7) is 4.82. The molecule has 3 heterocycles. The van der Waals surface area contributed by atoms with Crippen LogP contribution in [0, 0.1) is 0 Å². The van der Waals surface area contributed by atoms with Crippen molar-refractivity contribution in [2.24, 2.45) is 0 Å². The van der Waals surface area contributed by atoms with Gasteiger partial charge in [0, 0.05) is 6.61 Å². The van der Waals surface area contributed by atoms with Crippen LogP contribution in [0.25, 0.3) is 0 Å². The van der Waals surface area contributed by atoms with Crippen molar-refractivity contribution in [3.63, 3.8) is 0 Å². The SMILES string of the molecule is CC1(c2n[nH]c(C3CCCN3)n2)CCOC1. The summed E-state index contributed by atoms with van der Waals surface area (Å²) in [5.74, 6) is 1.90. The molecule has 2 aliphatic rings. The number of rotatable bonds is 2. The van der Waals surface area contributed by atoms with Crippen molar-refractivity contribution in [2.45, 2.75) is 37.6 Å². The highest BCUT2D eigenvalue weighted by atomic mass is 16.5. The Morgan fingerprint density at radius 1 is 1.50 bits per heavy atom. The van der Waals surface area contributed by atoms with E-state index >= 15 is 0 Å². The van der Waals surface area contributed by atoms with Crippen molar-refractivity contribution in [1.29, 1.82) is 0 Å². The standard InChI is InChI=1S/C11H18N4O/c1-11(4-6-16-7-11)10-13-9(14-15-10)8-3-2-5-12-8/h8,12H,2-7H2,1H3,(H,13,14,15). The normalized spacial score (nSPS) is 34.7. The first-order chi connectivity index (χ1) is 7.78. The van der Waals surface area contributed by atoms with Gasteiger partial charge in [0.05, 0.1) is 18.1 Å². The Morgan fingerprint density at radius 3 is 3.12 bits per heavy atom. The van der Waals surface area contributed by atoms with E-state index in [-0.39, 0.29) is 5.41 Å². The number of ether oxygens (including phenoxy) is 1. The van der Waals surface area contributed by atoms with E-state index in [2.05, 4.69) is 27.4 Å². The Labute approximate surface area is 95.0 Å². The Balaban J connectivity index is 1.81. The zero-order valence-corrected chi connectivity index (χ0v) is 9.62. The molecule has 5 nitrogen and oxygen atoms in total. The molecular weight excluding hydrogens is 204 g/mol. The number of aromatic nitrogens is 3. The second kappa shape index (κ2) is 3.82. The van der Waals surface area contributed by atoms with Crippen LogP contribution in [-0.2, 0) is 10.2 Å². The Kier molecular flexibility index (Phi) is 2.44. The Morgan fingerprint density at radius 2 is 2.44 bits per heavy atom. The molecule has 3 rings (SSSR count). The van der Waals surface area contributed by atoms with Crippen molar-refractivity contribution in [3.05, 3.63) is 11.6 Å². The van der Waals surface area contributed by atoms with Gasteiger partial charge < -0.3 is 10.1 Å². The maximum absolute atomic E-state index is 5.44. The van der Waals surface area contributed by atoms with Gasteiger partial charge in [-0.1, -0.05) is 6.92 Å². The average molecular weight is 222 g/mol. The average Bonchev–Trinajstić information content (AvgIpc) is 2.98. The van der Waals surface area contributed by atoms with Crippen molar-refractivity contribution >= 4 is 0 Å². The Hall–Kier alpha value is -0.940. The molecule has 2 unspecified atom stereocenters. The van der Waals surface area contributed by atoms with E-state index in [4.69, 9.17) is 4.74 Å². The molecule has 2 atom stereocenters. The van der Waals surface area contributed by atoms with E-state index in [1.165, 1.54) is 6.42 Å². The minimum absolute atomic E-state index is 0.00730. The molecule has 1 aromatic heterocycles. The van der Waals surface area contributed by atoms with Gasteiger partial charge in [0.2, 0.25) is 0 Å². The number of nitrogens with one attached hydrogen (secondary N) is 2. The highest BCUT2D eigenvalue weighted by molar-refractivity contribution is 5.10. The molecule has 0 aromatic carbocycles. The minimum Gasteiger partial charge on any atom is -0.380 e. The fourth-order valence-corrected chi connectivity index (χ4v) is 2.46. The molecule has 1 aromatic rings. The highest BCUT2D eigenvalue weighted by Gasteiger charge is 2.36. The predicted octanol–water partition coefficient (Wildman–Crippen LogP) is 0.907. The lowest BCUT2D eigenvalue weighted by Gasteiger charge is -2.16. The number of hydrogen-bond donors (Lipinski definition) is 2. The first-order valence-corrected chi connectivity index (χ1v) is 6.02. The summed E-state index contributed by atoms with van der Waals surface area (Å²) in [5, 5.41) is 10.9. The third-order valence-electron chi connectivity index (χ3n) is 3.65. The molecule has 2 N–H and O–H groups in total. The van der Waals surface area contributed by atoms with Gasteiger partial charge in [0.15, 0.2) is 5.82 Å². The number of nitrogens with zero attached hydrogens (tertiary/aromatic N) is 2. The van der Waals surface area contributed by atoms with E-state index in [0.29, 0.717) is 6.04 Å². The van der Waals surface area contributed by atoms with E-state index in [0.717, 1.165) is 44.2 Å². The molecule has 0 aliphatic carbocycles. The number of hydrogen-bond acceptors (Lipinski definition) is 4. The molecule has 5 heteroatoms. The van der Waals surface area contributed by atoms with Gasteiger partial charge in [-0.05, 0) is 25.8 Å². The van der Waals surface area contributed by atoms with E-state index < -0.39 is 0 Å². The fourth-order valence-electron chi connectivity index (χ4n) is 2.46. The van der Waals surface area contributed by atoms with Crippen LogP contribution in [0.15, 0.2) is 0 Å². The maximum atomic E-state index is 5.44. The quantitative estimate of drug-likeness (QED) is 0.780. The summed E-state index contributed by atoms with van der Waals surface area (Å²) >= 11 is 0. The molecule has 0 amide bonds. The summed E-state index contributed by atoms with van der Waals surface area (Å²) in [4.78, 5) is 4.64. The van der Waals surface area contributed by atoms with E-state index in [9.17, 15) is 0 Å². The largest absolute Gasteiger partial charge is 0.380 e. The van der Waals surface area contributed by atoms with E-state index in [1.807, 2.05) is 0 Å². The summed E-state index contributed by atoms with van der Waals surface area (Å²) in [6, 6.07) is 0.368. The molecule has 88 valence electrons. The summed E-state index contributed by atoms with van der Waals surface area (Å²) in [5.41, 5.74) is 0.00730. The molecule has 16 heavy (non-hydrogen) atoms. The van der Waals surface area contributed by atoms with Gasteiger partial charge >= 0.3 is 0 Å². The molecule has 2 fully saturated rings. The molecule has 2 aliphatic heterocycles. The fraction of sp³-hybridized carbons (Fsp3) is 0.818. The van der Waals surface area contributed by atoms with Crippen molar-refractivity contribution < 1.29 is 4.74 Å². The van der Waals surface area contributed by atoms with Crippen LogP contribution in [0.1, 0.15) is 43.9 Å². The maximum Gasteiger partial charge on any atom is 0.159 e. The molecule has 0 saturated carbocycles. The van der Waals surface area contributed by atoms with Gasteiger partial charge in [0.25, 0.3) is 0 Å².